The third kappa shape index (κ3) is 9.29. The molecule has 14 heteroatoms. The first-order valence-electron chi connectivity index (χ1n) is 18.3. The molecule has 14 nitrogen and oxygen atoms in total. The molecule has 0 saturated carbocycles. The minimum Gasteiger partial charge on any atom is -0.443 e. The first-order chi connectivity index (χ1) is 24.8. The van der Waals surface area contributed by atoms with Crippen molar-refractivity contribution < 1.29 is 44.6 Å². The van der Waals surface area contributed by atoms with Gasteiger partial charge in [-0.15, -0.1) is 5.10 Å². The Bertz CT molecular complexity index is 1640. The molecule has 2 aliphatic rings. The van der Waals surface area contributed by atoms with Crippen LogP contribution in [-0.4, -0.2) is 139 Å². The van der Waals surface area contributed by atoms with Gasteiger partial charge in [-0.1, -0.05) is 36.4 Å². The zero-order chi connectivity index (χ0) is 37.6. The molecule has 6 N–H and O–H groups in total. The largest absolute Gasteiger partial charge is 0.443 e. The lowest BCUT2D eigenvalue weighted by atomic mass is 9.99. The zero-order valence-corrected chi connectivity index (χ0v) is 30.6. The first-order valence-corrected chi connectivity index (χ1v) is 18.3. The fraction of sp³-hybridized carbons (Fsp3) is 0.605. The average molecular weight is 726 g/mol. The predicted octanol–water partition coefficient (Wildman–Crippen LogP) is 0.763. The van der Waals surface area contributed by atoms with Gasteiger partial charge in [-0.2, -0.15) is 0 Å². The first kappa shape index (κ1) is 39.6. The summed E-state index contributed by atoms with van der Waals surface area (Å²) < 4.78 is 13.1. The monoisotopic (exact) mass is 725 g/mol. The van der Waals surface area contributed by atoms with Crippen LogP contribution in [-0.2, 0) is 40.1 Å². The van der Waals surface area contributed by atoms with Gasteiger partial charge >= 0.3 is 0 Å². The quantitative estimate of drug-likeness (QED) is 0.130. The number of piperazine rings is 1. The molecular formula is C38H55N5O9. The SMILES string of the molecule is CC(C)N1CCN(C(=O)C(C)(C)NC(=O)CCCc2ccc(CCc3cccc4c3c(O[C@@H]3O[C@H](CO)[C@@H](O)[C@H](O)[C@H]3O)nn4CCO)cc2)CC1. The lowest BCUT2D eigenvalue weighted by molar-refractivity contribution is -0.278. The number of amides is 2. The number of aliphatic hydroxyl groups is 5. The molecule has 0 radical (unpaired) electrons. The fourth-order valence-electron chi connectivity index (χ4n) is 7.00. The minimum absolute atomic E-state index is 0.0485. The van der Waals surface area contributed by atoms with Crippen LogP contribution in [0.15, 0.2) is 42.5 Å². The van der Waals surface area contributed by atoms with E-state index in [4.69, 9.17) is 9.47 Å². The van der Waals surface area contributed by atoms with E-state index in [1.54, 1.807) is 18.5 Å². The highest BCUT2D eigenvalue weighted by molar-refractivity contribution is 5.91. The molecule has 3 heterocycles. The van der Waals surface area contributed by atoms with E-state index in [-0.39, 0.29) is 30.8 Å². The molecule has 3 aromatic rings. The van der Waals surface area contributed by atoms with Crippen molar-refractivity contribution in [1.82, 2.24) is 24.9 Å². The van der Waals surface area contributed by atoms with Crippen molar-refractivity contribution in [3.8, 4) is 5.88 Å². The molecule has 52 heavy (non-hydrogen) atoms. The number of carbonyl (C=O) groups excluding carboxylic acids is 2. The van der Waals surface area contributed by atoms with Crippen LogP contribution in [0, 0.1) is 0 Å². The topological polar surface area (TPSA) is 190 Å². The number of aromatic nitrogens is 2. The highest BCUT2D eigenvalue weighted by Gasteiger charge is 2.45. The van der Waals surface area contributed by atoms with Gasteiger partial charge < -0.3 is 45.2 Å². The number of benzene rings is 2. The molecule has 0 bridgehead atoms. The molecule has 2 aromatic carbocycles. The van der Waals surface area contributed by atoms with E-state index in [2.05, 4.69) is 53.4 Å². The molecule has 2 aliphatic heterocycles. The standard InChI is InChI=1S/C38H55N5O9/c1-24(2)41-17-19-42(20-18-41)37(50)38(3,4)39-30(46)10-5-7-25-11-13-26(14-12-25)15-16-27-8-6-9-28-31(27)35(40-43(28)21-22-44)52-36-34(49)33(48)32(47)29(23-45)51-36/h6,8-9,11-14,24,29,32-34,36,44-45,47-49H,5,7,10,15-23H2,1-4H3,(H,39,46)/t29-,32-,33+,34-,36+/m1/s1. The molecule has 5 rings (SSSR count). The lowest BCUT2D eigenvalue weighted by Gasteiger charge is -2.40. The third-order valence-electron chi connectivity index (χ3n) is 10.1. The van der Waals surface area contributed by atoms with Gasteiger partial charge in [-0.3, -0.25) is 19.2 Å². The maximum Gasteiger partial charge on any atom is 0.247 e. The molecular weight excluding hydrogens is 670 g/mol. The summed E-state index contributed by atoms with van der Waals surface area (Å²) in [7, 11) is 0. The van der Waals surface area contributed by atoms with Gasteiger partial charge in [-0.25, -0.2) is 0 Å². The number of hydrogen-bond acceptors (Lipinski definition) is 11. The Labute approximate surface area is 304 Å². The van der Waals surface area contributed by atoms with Crippen molar-refractivity contribution in [2.24, 2.45) is 0 Å². The molecule has 286 valence electrons. The molecule has 0 unspecified atom stereocenters. The molecule has 2 amide bonds. The fourth-order valence-corrected chi connectivity index (χ4v) is 7.00. The van der Waals surface area contributed by atoms with Gasteiger partial charge in [0.15, 0.2) is 0 Å². The summed E-state index contributed by atoms with van der Waals surface area (Å²) in [4.78, 5) is 30.2. The van der Waals surface area contributed by atoms with Crippen LogP contribution in [0.1, 0.15) is 57.2 Å². The Kier molecular flexibility index (Phi) is 13.3. The van der Waals surface area contributed by atoms with E-state index in [0.29, 0.717) is 55.7 Å². The Balaban J connectivity index is 1.15. The summed E-state index contributed by atoms with van der Waals surface area (Å²) in [5.74, 6) is -0.0465. The van der Waals surface area contributed by atoms with E-state index < -0.39 is 42.9 Å². The summed E-state index contributed by atoms with van der Waals surface area (Å²) in [5.41, 5.74) is 2.87. The number of nitrogens with zero attached hydrogens (tertiary/aromatic N) is 4. The van der Waals surface area contributed by atoms with Crippen LogP contribution < -0.4 is 10.1 Å². The van der Waals surface area contributed by atoms with Gasteiger partial charge in [0.05, 0.1) is 30.7 Å². The number of aryl methyl sites for hydroxylation is 3. The zero-order valence-electron chi connectivity index (χ0n) is 30.6. The van der Waals surface area contributed by atoms with Gasteiger partial charge in [0.1, 0.15) is 30.0 Å². The smallest absolute Gasteiger partial charge is 0.247 e. The maximum atomic E-state index is 13.2. The van der Waals surface area contributed by atoms with Crippen LogP contribution in [0.3, 0.4) is 0 Å². The molecule has 2 fully saturated rings. The van der Waals surface area contributed by atoms with Crippen LogP contribution in [0.25, 0.3) is 10.9 Å². The van der Waals surface area contributed by atoms with Gasteiger partial charge in [-0.05, 0) is 76.1 Å². The Morgan fingerprint density at radius 2 is 1.62 bits per heavy atom. The Morgan fingerprint density at radius 1 is 0.942 bits per heavy atom. The summed E-state index contributed by atoms with van der Waals surface area (Å²) in [6.45, 7) is 10.3. The van der Waals surface area contributed by atoms with E-state index in [1.165, 1.54) is 0 Å². The third-order valence-corrected chi connectivity index (χ3v) is 10.1. The Morgan fingerprint density at radius 3 is 2.25 bits per heavy atom. The number of ether oxygens (including phenoxy) is 2. The van der Waals surface area contributed by atoms with E-state index in [1.807, 2.05) is 23.1 Å². The molecule has 2 saturated heterocycles. The number of rotatable bonds is 15. The van der Waals surface area contributed by atoms with Gasteiger partial charge in [0.2, 0.25) is 24.0 Å². The van der Waals surface area contributed by atoms with Crippen LogP contribution in [0.5, 0.6) is 5.88 Å². The molecule has 0 spiro atoms. The maximum absolute atomic E-state index is 13.2. The van der Waals surface area contributed by atoms with Crippen molar-refractivity contribution in [2.75, 3.05) is 39.4 Å². The van der Waals surface area contributed by atoms with Crippen molar-refractivity contribution >= 4 is 22.7 Å². The van der Waals surface area contributed by atoms with Crippen LogP contribution >= 0.6 is 0 Å². The normalized spacial score (nSPS) is 23.0. The van der Waals surface area contributed by atoms with Crippen molar-refractivity contribution in [2.45, 2.75) is 109 Å². The van der Waals surface area contributed by atoms with Crippen LogP contribution in [0.2, 0.25) is 0 Å². The average Bonchev–Trinajstić information content (AvgIpc) is 3.48. The van der Waals surface area contributed by atoms with Gasteiger partial charge in [0.25, 0.3) is 0 Å². The molecule has 0 aliphatic carbocycles. The second kappa shape index (κ2) is 17.5. The highest BCUT2D eigenvalue weighted by atomic mass is 16.7. The second-order valence-electron chi connectivity index (χ2n) is 14.6. The second-order valence-corrected chi connectivity index (χ2v) is 14.6. The number of aliphatic hydroxyl groups excluding tert-OH is 5. The summed E-state index contributed by atoms with van der Waals surface area (Å²) in [6.07, 6.45) is -4.21. The van der Waals surface area contributed by atoms with E-state index >= 15 is 0 Å². The van der Waals surface area contributed by atoms with Crippen LogP contribution in [0.4, 0.5) is 0 Å². The summed E-state index contributed by atoms with van der Waals surface area (Å²) >= 11 is 0. The summed E-state index contributed by atoms with van der Waals surface area (Å²) in [5, 5.41) is 58.4. The van der Waals surface area contributed by atoms with E-state index in [9.17, 15) is 35.1 Å². The number of nitrogens with one attached hydrogen (secondary N) is 1. The van der Waals surface area contributed by atoms with Crippen molar-refractivity contribution in [3.05, 3.63) is 59.2 Å². The van der Waals surface area contributed by atoms with Gasteiger partial charge in [0, 0.05) is 38.6 Å². The highest BCUT2D eigenvalue weighted by Crippen LogP contribution is 2.33. The predicted molar refractivity (Wildman–Crippen MR) is 194 cm³/mol. The molecule has 5 atom stereocenters. The Hall–Kier alpha value is -3.63. The number of fused-ring (bicyclic) bond motifs is 1. The molecule has 1 aromatic heterocycles. The van der Waals surface area contributed by atoms with Crippen molar-refractivity contribution in [1.29, 1.82) is 0 Å². The summed E-state index contributed by atoms with van der Waals surface area (Å²) in [6, 6.07) is 14.4. The van der Waals surface area contributed by atoms with Crippen molar-refractivity contribution in [3.63, 3.8) is 0 Å². The lowest BCUT2D eigenvalue weighted by Crippen LogP contribution is -2.60. The number of hydrogen-bond donors (Lipinski definition) is 6. The minimum atomic E-state index is -1.59. The number of carbonyl (C=O) groups is 2. The van der Waals surface area contributed by atoms with E-state index in [0.717, 1.165) is 36.2 Å².